The van der Waals surface area contributed by atoms with Gasteiger partial charge in [0, 0.05) is 38.1 Å². The van der Waals surface area contributed by atoms with Crippen molar-refractivity contribution in [2.45, 2.75) is 44.2 Å². The number of ether oxygens (including phenoxy) is 1. The van der Waals surface area contributed by atoms with Crippen LogP contribution in [0.3, 0.4) is 0 Å². The lowest BCUT2D eigenvalue weighted by Crippen LogP contribution is -2.52. The van der Waals surface area contributed by atoms with E-state index in [4.69, 9.17) is 4.74 Å². The molecule has 5 heteroatoms. The van der Waals surface area contributed by atoms with Gasteiger partial charge >= 0.3 is 0 Å². The predicted octanol–water partition coefficient (Wildman–Crippen LogP) is 2.64. The Bertz CT molecular complexity index is 613. The molecule has 1 amide bonds. The van der Waals surface area contributed by atoms with E-state index in [9.17, 15) is 9.18 Å². The number of benzene rings is 1. The highest BCUT2D eigenvalue weighted by atomic mass is 19.1. The Morgan fingerprint density at radius 3 is 2.56 bits per heavy atom. The minimum absolute atomic E-state index is 0.102. The third-order valence-corrected chi connectivity index (χ3v) is 5.97. The fourth-order valence-electron chi connectivity index (χ4n) is 4.41. The minimum atomic E-state index is -0.216. The van der Waals surface area contributed by atoms with Gasteiger partial charge in [0.05, 0.1) is 12.7 Å². The topological polar surface area (TPSA) is 32.8 Å². The number of amides is 1. The Kier molecular flexibility index (Phi) is 4.78. The van der Waals surface area contributed by atoms with E-state index in [0.29, 0.717) is 18.1 Å². The van der Waals surface area contributed by atoms with E-state index in [-0.39, 0.29) is 17.7 Å². The van der Waals surface area contributed by atoms with Crippen LogP contribution in [0, 0.1) is 11.7 Å². The van der Waals surface area contributed by atoms with Crippen molar-refractivity contribution < 1.29 is 13.9 Å². The fourth-order valence-corrected chi connectivity index (χ4v) is 4.41. The molecule has 0 N–H and O–H groups in total. The van der Waals surface area contributed by atoms with E-state index in [1.165, 1.54) is 12.1 Å². The van der Waals surface area contributed by atoms with E-state index in [1.807, 2.05) is 12.1 Å². The highest BCUT2D eigenvalue weighted by Crippen LogP contribution is 2.48. The molecule has 0 radical (unpaired) electrons. The summed E-state index contributed by atoms with van der Waals surface area (Å²) in [7, 11) is 0. The van der Waals surface area contributed by atoms with Gasteiger partial charge in [-0.25, -0.2) is 4.39 Å². The summed E-state index contributed by atoms with van der Waals surface area (Å²) in [4.78, 5) is 17.4. The molecular weight excluding hydrogens is 319 g/mol. The normalized spacial score (nSPS) is 31.1. The van der Waals surface area contributed by atoms with Crippen molar-refractivity contribution in [3.8, 4) is 0 Å². The van der Waals surface area contributed by atoms with Crippen LogP contribution >= 0.6 is 0 Å². The zero-order chi connectivity index (χ0) is 17.4. The molecule has 2 saturated heterocycles. The number of halogens is 1. The van der Waals surface area contributed by atoms with E-state index in [1.54, 1.807) is 0 Å². The lowest BCUT2D eigenvalue weighted by atomic mass is 10.0. The maximum atomic E-state index is 13.0. The van der Waals surface area contributed by atoms with Crippen molar-refractivity contribution in [1.82, 2.24) is 9.80 Å². The zero-order valence-corrected chi connectivity index (χ0v) is 14.9. The molecule has 0 aromatic heterocycles. The second-order valence-electron chi connectivity index (χ2n) is 7.73. The molecule has 0 spiro atoms. The van der Waals surface area contributed by atoms with Gasteiger partial charge in [-0.05, 0) is 49.8 Å². The number of hydrogen-bond donors (Lipinski definition) is 0. The van der Waals surface area contributed by atoms with Gasteiger partial charge in [-0.2, -0.15) is 0 Å². The van der Waals surface area contributed by atoms with Crippen molar-refractivity contribution in [3.63, 3.8) is 0 Å². The molecule has 0 bridgehead atoms. The molecule has 1 aliphatic carbocycles. The summed E-state index contributed by atoms with van der Waals surface area (Å²) in [6, 6.07) is 7.20. The summed E-state index contributed by atoms with van der Waals surface area (Å²) >= 11 is 0. The van der Waals surface area contributed by atoms with Crippen LogP contribution in [-0.4, -0.2) is 60.6 Å². The Labute approximate surface area is 148 Å². The fraction of sp³-hybridized carbons (Fsp3) is 0.650. The number of nitrogens with zero attached hydrogens (tertiary/aromatic N) is 2. The summed E-state index contributed by atoms with van der Waals surface area (Å²) in [5.74, 6) is 0.464. The number of hydrogen-bond acceptors (Lipinski definition) is 3. The molecule has 4 nitrogen and oxygen atoms in total. The van der Waals surface area contributed by atoms with Crippen LogP contribution in [0.5, 0.6) is 0 Å². The standard InChI is InChI=1S/C20H27FN2O2/c1-14-13-23(10-11-25-14)17-6-8-22(9-7-17)20(24)19-12-18(19)15-2-4-16(21)5-3-15/h2-5,14,17-19H,6-13H2,1H3. The molecule has 2 aliphatic heterocycles. The Hall–Kier alpha value is -1.46. The Balaban J connectivity index is 1.28. The molecule has 3 unspecified atom stereocenters. The molecule has 3 fully saturated rings. The van der Waals surface area contributed by atoms with E-state index < -0.39 is 0 Å². The number of likely N-dealkylation sites (tertiary alicyclic amines) is 1. The molecule has 3 atom stereocenters. The molecule has 25 heavy (non-hydrogen) atoms. The van der Waals surface area contributed by atoms with Crippen molar-refractivity contribution in [2.24, 2.45) is 5.92 Å². The molecule has 1 saturated carbocycles. The van der Waals surface area contributed by atoms with Crippen LogP contribution in [0.2, 0.25) is 0 Å². The van der Waals surface area contributed by atoms with Gasteiger partial charge < -0.3 is 9.64 Å². The van der Waals surface area contributed by atoms with Crippen LogP contribution in [0.15, 0.2) is 24.3 Å². The second-order valence-corrected chi connectivity index (χ2v) is 7.73. The van der Waals surface area contributed by atoms with E-state index in [2.05, 4.69) is 16.7 Å². The molecule has 136 valence electrons. The van der Waals surface area contributed by atoms with Gasteiger partial charge in [0.25, 0.3) is 0 Å². The Morgan fingerprint density at radius 1 is 1.16 bits per heavy atom. The summed E-state index contributed by atoms with van der Waals surface area (Å²) < 4.78 is 18.7. The summed E-state index contributed by atoms with van der Waals surface area (Å²) in [5, 5.41) is 0. The summed E-state index contributed by atoms with van der Waals surface area (Å²) in [6.45, 7) is 6.70. The molecule has 4 rings (SSSR count). The van der Waals surface area contributed by atoms with Gasteiger partial charge in [-0.15, -0.1) is 0 Å². The van der Waals surface area contributed by atoms with Gasteiger partial charge in [0.2, 0.25) is 5.91 Å². The van der Waals surface area contributed by atoms with Crippen molar-refractivity contribution in [3.05, 3.63) is 35.6 Å². The monoisotopic (exact) mass is 346 g/mol. The van der Waals surface area contributed by atoms with Gasteiger partial charge in [-0.3, -0.25) is 9.69 Å². The number of carbonyl (C=O) groups excluding carboxylic acids is 1. The number of morpholine rings is 1. The third kappa shape index (κ3) is 3.72. The van der Waals surface area contributed by atoms with Crippen LogP contribution < -0.4 is 0 Å². The highest BCUT2D eigenvalue weighted by Gasteiger charge is 2.46. The molecular formula is C20H27FN2O2. The van der Waals surface area contributed by atoms with Crippen molar-refractivity contribution >= 4 is 5.91 Å². The first kappa shape index (κ1) is 17.0. The lowest BCUT2D eigenvalue weighted by Gasteiger charge is -2.41. The number of rotatable bonds is 3. The van der Waals surface area contributed by atoms with Gasteiger partial charge in [0.1, 0.15) is 5.82 Å². The van der Waals surface area contributed by atoms with E-state index >= 15 is 0 Å². The molecule has 1 aromatic rings. The van der Waals surface area contributed by atoms with E-state index in [0.717, 1.165) is 57.6 Å². The predicted molar refractivity (Wildman–Crippen MR) is 93.8 cm³/mol. The Morgan fingerprint density at radius 2 is 1.88 bits per heavy atom. The largest absolute Gasteiger partial charge is 0.376 e. The van der Waals surface area contributed by atoms with Gasteiger partial charge in [0.15, 0.2) is 0 Å². The van der Waals surface area contributed by atoms with Crippen LogP contribution in [0.25, 0.3) is 0 Å². The molecule has 2 heterocycles. The van der Waals surface area contributed by atoms with Crippen molar-refractivity contribution in [2.75, 3.05) is 32.8 Å². The van der Waals surface area contributed by atoms with Crippen LogP contribution in [0.1, 0.15) is 37.7 Å². The zero-order valence-electron chi connectivity index (χ0n) is 14.9. The number of carbonyl (C=O) groups is 1. The maximum Gasteiger partial charge on any atom is 0.226 e. The third-order valence-electron chi connectivity index (χ3n) is 5.97. The van der Waals surface area contributed by atoms with Gasteiger partial charge in [-0.1, -0.05) is 12.1 Å². The maximum absolute atomic E-state index is 13.0. The first-order valence-electron chi connectivity index (χ1n) is 9.51. The van der Waals surface area contributed by atoms with Crippen LogP contribution in [-0.2, 0) is 9.53 Å². The lowest BCUT2D eigenvalue weighted by molar-refractivity contribution is -0.134. The highest BCUT2D eigenvalue weighted by molar-refractivity contribution is 5.83. The first-order chi connectivity index (χ1) is 12.1. The number of piperidine rings is 1. The molecule has 3 aliphatic rings. The smallest absolute Gasteiger partial charge is 0.226 e. The average Bonchev–Trinajstić information content (AvgIpc) is 3.43. The van der Waals surface area contributed by atoms with Crippen molar-refractivity contribution in [1.29, 1.82) is 0 Å². The minimum Gasteiger partial charge on any atom is -0.376 e. The van der Waals surface area contributed by atoms with Crippen LogP contribution in [0.4, 0.5) is 4.39 Å². The first-order valence-corrected chi connectivity index (χ1v) is 9.51. The SMILES string of the molecule is CC1CN(C2CCN(C(=O)C3CC3c3ccc(F)cc3)CC2)CCO1. The average molecular weight is 346 g/mol. The summed E-state index contributed by atoms with van der Waals surface area (Å²) in [6.07, 6.45) is 3.35. The quantitative estimate of drug-likeness (QED) is 0.843. The molecule has 1 aromatic carbocycles. The summed E-state index contributed by atoms with van der Waals surface area (Å²) in [5.41, 5.74) is 1.09. The second kappa shape index (κ2) is 7.04.